The number of benzene rings is 2. The second-order valence-corrected chi connectivity index (χ2v) is 12.0. The van der Waals surface area contributed by atoms with Crippen LogP contribution < -0.4 is 0 Å². The maximum absolute atomic E-state index is 13.8. The zero-order valence-electron chi connectivity index (χ0n) is 21.0. The lowest BCUT2D eigenvalue weighted by Crippen LogP contribution is -2.46. The molecule has 1 atom stereocenters. The number of amides is 1. The van der Waals surface area contributed by atoms with E-state index in [1.807, 2.05) is 47.4 Å². The van der Waals surface area contributed by atoms with Crippen molar-refractivity contribution in [2.45, 2.75) is 45.6 Å². The van der Waals surface area contributed by atoms with E-state index in [4.69, 9.17) is 0 Å². The Morgan fingerprint density at radius 2 is 1.81 bits per heavy atom. The molecule has 1 aromatic heterocycles. The topological polar surface area (TPSA) is 57.7 Å². The summed E-state index contributed by atoms with van der Waals surface area (Å²) in [6.07, 6.45) is 5.00. The monoisotopic (exact) mass is 522 g/mol. The van der Waals surface area contributed by atoms with Crippen molar-refractivity contribution in [3.05, 3.63) is 98.6 Å². The number of hydrogen-bond acceptors (Lipinski definition) is 4. The van der Waals surface area contributed by atoms with Crippen molar-refractivity contribution >= 4 is 33.3 Å². The highest BCUT2D eigenvalue weighted by molar-refractivity contribution is 7.92. The lowest BCUT2D eigenvalue weighted by molar-refractivity contribution is -0.133. The number of unbranched alkanes of at least 4 members (excludes halogenated alkanes) is 2. The SMILES string of the molecule is CCCCCN(CC(=O)N1CCc2sccc2C1c1ccccc1C)S(=O)(=O)/C=C/c1ccccc1. The number of carbonyl (C=O) groups is 1. The van der Waals surface area contributed by atoms with Gasteiger partial charge in [0.15, 0.2) is 0 Å². The van der Waals surface area contributed by atoms with Crippen LogP contribution >= 0.6 is 11.3 Å². The molecule has 4 rings (SSSR count). The first kappa shape index (κ1) is 26.3. The smallest absolute Gasteiger partial charge is 0.238 e. The molecule has 0 bridgehead atoms. The average Bonchev–Trinajstić information content (AvgIpc) is 3.36. The number of carbonyl (C=O) groups excluding carboxylic acids is 1. The Kier molecular flexibility index (Phi) is 8.77. The van der Waals surface area contributed by atoms with Crippen LogP contribution in [0.2, 0.25) is 0 Å². The predicted molar refractivity (Wildman–Crippen MR) is 148 cm³/mol. The summed E-state index contributed by atoms with van der Waals surface area (Å²) >= 11 is 1.73. The lowest BCUT2D eigenvalue weighted by atomic mass is 9.90. The summed E-state index contributed by atoms with van der Waals surface area (Å²) in [7, 11) is -3.77. The minimum Gasteiger partial charge on any atom is -0.330 e. The Hall–Kier alpha value is -2.74. The van der Waals surface area contributed by atoms with Crippen molar-refractivity contribution in [1.82, 2.24) is 9.21 Å². The van der Waals surface area contributed by atoms with E-state index in [9.17, 15) is 13.2 Å². The maximum atomic E-state index is 13.8. The van der Waals surface area contributed by atoms with Crippen LogP contribution in [0, 0.1) is 6.92 Å². The molecule has 0 aliphatic carbocycles. The molecule has 2 heterocycles. The normalized spacial score (nSPS) is 16.0. The number of hydrogen-bond donors (Lipinski definition) is 0. The van der Waals surface area contributed by atoms with E-state index < -0.39 is 10.0 Å². The Morgan fingerprint density at radius 3 is 2.56 bits per heavy atom. The van der Waals surface area contributed by atoms with Crippen molar-refractivity contribution in [2.75, 3.05) is 19.6 Å². The highest BCUT2D eigenvalue weighted by Crippen LogP contribution is 2.39. The fraction of sp³-hybridized carbons (Fsp3) is 0.345. The molecule has 36 heavy (non-hydrogen) atoms. The van der Waals surface area contributed by atoms with Crippen molar-refractivity contribution in [3.8, 4) is 0 Å². The Balaban J connectivity index is 1.61. The predicted octanol–water partition coefficient (Wildman–Crippen LogP) is 6.02. The van der Waals surface area contributed by atoms with Crippen LogP contribution in [0.4, 0.5) is 0 Å². The Labute approximate surface area is 219 Å². The molecule has 1 aliphatic rings. The van der Waals surface area contributed by atoms with Crippen LogP contribution in [-0.2, 0) is 21.2 Å². The molecule has 0 saturated heterocycles. The molecular weight excluding hydrogens is 488 g/mol. The van der Waals surface area contributed by atoms with Crippen LogP contribution in [0.15, 0.2) is 71.5 Å². The molecule has 0 radical (unpaired) electrons. The average molecular weight is 523 g/mol. The number of nitrogens with zero attached hydrogens (tertiary/aromatic N) is 2. The summed E-state index contributed by atoms with van der Waals surface area (Å²) in [6, 6.07) is 19.4. The second-order valence-electron chi connectivity index (χ2n) is 9.19. The van der Waals surface area contributed by atoms with E-state index in [2.05, 4.69) is 37.4 Å². The number of aryl methyl sites for hydroxylation is 1. The lowest BCUT2D eigenvalue weighted by Gasteiger charge is -2.38. The first-order valence-electron chi connectivity index (χ1n) is 12.5. The second kappa shape index (κ2) is 12.0. The van der Waals surface area contributed by atoms with Gasteiger partial charge < -0.3 is 4.90 Å². The number of thiophene rings is 1. The molecule has 190 valence electrons. The quantitative estimate of drug-likeness (QED) is 0.306. The van der Waals surface area contributed by atoms with Crippen molar-refractivity contribution in [1.29, 1.82) is 0 Å². The van der Waals surface area contributed by atoms with Gasteiger partial charge >= 0.3 is 0 Å². The van der Waals surface area contributed by atoms with E-state index in [1.54, 1.807) is 17.4 Å². The third-order valence-electron chi connectivity index (χ3n) is 6.68. The summed E-state index contributed by atoms with van der Waals surface area (Å²) in [5.74, 6) is -0.159. The van der Waals surface area contributed by atoms with Crippen LogP contribution in [0.5, 0.6) is 0 Å². The van der Waals surface area contributed by atoms with Gasteiger partial charge in [0.1, 0.15) is 0 Å². The first-order chi connectivity index (χ1) is 17.4. The minimum absolute atomic E-state index is 0.159. The van der Waals surface area contributed by atoms with Gasteiger partial charge in [0, 0.05) is 23.4 Å². The number of rotatable bonds is 10. The molecule has 0 saturated carbocycles. The van der Waals surface area contributed by atoms with Crippen molar-refractivity contribution < 1.29 is 13.2 Å². The summed E-state index contributed by atoms with van der Waals surface area (Å²) < 4.78 is 28.0. The van der Waals surface area contributed by atoms with E-state index in [1.165, 1.54) is 14.6 Å². The maximum Gasteiger partial charge on any atom is 0.238 e. The Morgan fingerprint density at radius 1 is 1.06 bits per heavy atom. The largest absolute Gasteiger partial charge is 0.330 e. The summed E-state index contributed by atoms with van der Waals surface area (Å²) in [5.41, 5.74) is 4.17. The molecule has 5 nitrogen and oxygen atoms in total. The molecule has 0 fully saturated rings. The number of sulfonamides is 1. The van der Waals surface area contributed by atoms with E-state index in [0.717, 1.165) is 47.9 Å². The zero-order valence-corrected chi connectivity index (χ0v) is 22.6. The molecule has 1 amide bonds. The molecule has 1 unspecified atom stereocenters. The van der Waals surface area contributed by atoms with Crippen LogP contribution in [-0.4, -0.2) is 43.2 Å². The Bertz CT molecular complexity index is 1300. The van der Waals surface area contributed by atoms with Gasteiger partial charge in [-0.25, -0.2) is 8.42 Å². The summed E-state index contributed by atoms with van der Waals surface area (Å²) in [4.78, 5) is 17.0. The molecule has 3 aromatic rings. The summed E-state index contributed by atoms with van der Waals surface area (Å²) in [5, 5.41) is 3.31. The van der Waals surface area contributed by atoms with E-state index >= 15 is 0 Å². The van der Waals surface area contributed by atoms with Gasteiger partial charge in [0.05, 0.1) is 12.6 Å². The standard InChI is InChI=1S/C29H34N2O3S2/c1-3-4-10-18-30(36(33,34)21-17-24-12-6-5-7-13-24)22-28(32)31-19-15-27-26(16-20-35-27)29(31)25-14-9-8-11-23(25)2/h5-9,11-14,16-17,20-21,29H,3-4,10,15,18-19,22H2,1-2H3/b21-17+. The fourth-order valence-electron chi connectivity index (χ4n) is 4.70. The molecular formula is C29H34N2O3S2. The van der Waals surface area contributed by atoms with Gasteiger partial charge in [-0.15, -0.1) is 11.3 Å². The van der Waals surface area contributed by atoms with Gasteiger partial charge in [-0.05, 0) is 59.5 Å². The highest BCUT2D eigenvalue weighted by atomic mass is 32.2. The molecule has 2 aromatic carbocycles. The van der Waals surface area contributed by atoms with Gasteiger partial charge in [0.25, 0.3) is 0 Å². The molecule has 1 aliphatic heterocycles. The van der Waals surface area contributed by atoms with Gasteiger partial charge in [-0.2, -0.15) is 4.31 Å². The zero-order chi connectivity index (χ0) is 25.5. The van der Waals surface area contributed by atoms with Gasteiger partial charge in [-0.3, -0.25) is 4.79 Å². The van der Waals surface area contributed by atoms with Gasteiger partial charge in [0.2, 0.25) is 15.9 Å². The van der Waals surface area contributed by atoms with Crippen molar-refractivity contribution in [2.24, 2.45) is 0 Å². The van der Waals surface area contributed by atoms with Crippen LogP contribution in [0.25, 0.3) is 6.08 Å². The minimum atomic E-state index is -3.77. The summed E-state index contributed by atoms with van der Waals surface area (Å²) in [6.45, 7) is 4.89. The van der Waals surface area contributed by atoms with Crippen molar-refractivity contribution in [3.63, 3.8) is 0 Å². The van der Waals surface area contributed by atoms with E-state index in [-0.39, 0.29) is 18.5 Å². The molecule has 7 heteroatoms. The number of fused-ring (bicyclic) bond motifs is 1. The third kappa shape index (κ3) is 6.14. The highest BCUT2D eigenvalue weighted by Gasteiger charge is 2.35. The fourth-order valence-corrected chi connectivity index (χ4v) is 6.78. The third-order valence-corrected chi connectivity index (χ3v) is 9.19. The molecule has 0 spiro atoms. The van der Waals surface area contributed by atoms with E-state index in [0.29, 0.717) is 13.1 Å². The van der Waals surface area contributed by atoms with Crippen LogP contribution in [0.1, 0.15) is 59.4 Å². The molecule has 0 N–H and O–H groups in total. The first-order valence-corrected chi connectivity index (χ1v) is 14.9. The van der Waals surface area contributed by atoms with Crippen LogP contribution in [0.3, 0.4) is 0 Å². The van der Waals surface area contributed by atoms with Gasteiger partial charge in [-0.1, -0.05) is 74.4 Å².